The molecule has 1 aromatic carbocycles. The minimum atomic E-state index is -0.926. The van der Waals surface area contributed by atoms with E-state index in [0.717, 1.165) is 16.9 Å². The van der Waals surface area contributed by atoms with Gasteiger partial charge in [-0.1, -0.05) is 17.7 Å². The van der Waals surface area contributed by atoms with Crippen molar-refractivity contribution in [2.45, 2.75) is 25.6 Å². The Kier molecular flexibility index (Phi) is 4.96. The molecule has 0 aliphatic rings. The van der Waals surface area contributed by atoms with Gasteiger partial charge in [-0.05, 0) is 19.9 Å². The van der Waals surface area contributed by atoms with Crippen LogP contribution in [-0.2, 0) is 16.6 Å². The second-order valence-electron chi connectivity index (χ2n) is 4.04. The van der Waals surface area contributed by atoms with Gasteiger partial charge in [0.1, 0.15) is 5.75 Å². The Hall–Kier alpha value is -0.870. The van der Waals surface area contributed by atoms with Crippen LogP contribution in [0.25, 0.3) is 0 Å². The minimum Gasteiger partial charge on any atom is -0.496 e. The molecule has 0 saturated carbocycles. The molecule has 0 radical (unpaired) electrons. The fourth-order valence-corrected chi connectivity index (χ4v) is 2.82. The Labute approximate surface area is 99.4 Å². The highest BCUT2D eigenvalue weighted by atomic mass is 32.2. The molecule has 0 heterocycles. The number of methoxy groups -OCH3 is 1. The maximum atomic E-state index is 11.8. The second kappa shape index (κ2) is 6.01. The molecular formula is C12H19NO2S. The first-order chi connectivity index (χ1) is 7.52. The molecule has 1 aromatic rings. The topological polar surface area (TPSA) is 52.3 Å². The standard InChI is InChI=1S/C12H19NO2S/c1-9-4-5-12(15-3)11(6-9)8-16(14)7-10(2)13/h4-6,10H,7-8,13H2,1-3H3. The van der Waals surface area contributed by atoms with Crippen molar-refractivity contribution in [3.8, 4) is 5.75 Å². The van der Waals surface area contributed by atoms with Crippen molar-refractivity contribution in [1.82, 2.24) is 0 Å². The highest BCUT2D eigenvalue weighted by Gasteiger charge is 2.09. The number of nitrogens with two attached hydrogens (primary N) is 1. The maximum absolute atomic E-state index is 11.8. The fourth-order valence-electron chi connectivity index (χ4n) is 1.55. The van der Waals surface area contributed by atoms with Crippen LogP contribution in [0.4, 0.5) is 0 Å². The third-order valence-electron chi connectivity index (χ3n) is 2.20. The quantitative estimate of drug-likeness (QED) is 0.852. The van der Waals surface area contributed by atoms with Gasteiger partial charge < -0.3 is 10.5 Å². The van der Waals surface area contributed by atoms with Gasteiger partial charge in [-0.2, -0.15) is 0 Å². The molecule has 16 heavy (non-hydrogen) atoms. The van der Waals surface area contributed by atoms with E-state index in [1.165, 1.54) is 0 Å². The monoisotopic (exact) mass is 241 g/mol. The Morgan fingerprint density at radius 1 is 1.50 bits per heavy atom. The lowest BCUT2D eigenvalue weighted by Crippen LogP contribution is -2.23. The molecule has 0 bridgehead atoms. The molecule has 0 saturated heterocycles. The zero-order valence-electron chi connectivity index (χ0n) is 10.0. The predicted octanol–water partition coefficient (Wildman–Crippen LogP) is 1.60. The van der Waals surface area contributed by atoms with Crippen LogP contribution in [-0.4, -0.2) is 23.1 Å². The van der Waals surface area contributed by atoms with Crippen molar-refractivity contribution >= 4 is 10.8 Å². The van der Waals surface area contributed by atoms with Gasteiger partial charge in [0.2, 0.25) is 0 Å². The Morgan fingerprint density at radius 2 is 2.19 bits per heavy atom. The number of rotatable bonds is 5. The van der Waals surface area contributed by atoms with Crippen LogP contribution in [0.1, 0.15) is 18.1 Å². The van der Waals surface area contributed by atoms with Gasteiger partial charge >= 0.3 is 0 Å². The predicted molar refractivity (Wildman–Crippen MR) is 68.1 cm³/mol. The summed E-state index contributed by atoms with van der Waals surface area (Å²) in [5.41, 5.74) is 7.76. The van der Waals surface area contributed by atoms with E-state index in [0.29, 0.717) is 11.5 Å². The van der Waals surface area contributed by atoms with Gasteiger partial charge in [0.05, 0.1) is 12.9 Å². The van der Waals surface area contributed by atoms with Crippen molar-refractivity contribution in [3.63, 3.8) is 0 Å². The molecule has 0 aliphatic heterocycles. The van der Waals surface area contributed by atoms with Gasteiger partial charge in [-0.15, -0.1) is 0 Å². The molecule has 0 aliphatic carbocycles. The average molecular weight is 241 g/mol. The van der Waals surface area contributed by atoms with Crippen LogP contribution >= 0.6 is 0 Å². The van der Waals surface area contributed by atoms with Crippen LogP contribution in [0.2, 0.25) is 0 Å². The third-order valence-corrected chi connectivity index (χ3v) is 3.73. The van der Waals surface area contributed by atoms with Crippen LogP contribution in [0.5, 0.6) is 5.75 Å². The van der Waals surface area contributed by atoms with Gasteiger partial charge in [0.25, 0.3) is 0 Å². The van der Waals surface area contributed by atoms with E-state index in [1.54, 1.807) is 7.11 Å². The number of ether oxygens (including phenoxy) is 1. The summed E-state index contributed by atoms with van der Waals surface area (Å²) in [6.45, 7) is 3.88. The van der Waals surface area contributed by atoms with E-state index in [4.69, 9.17) is 10.5 Å². The Bertz CT molecular complexity index is 377. The summed E-state index contributed by atoms with van der Waals surface area (Å²) >= 11 is 0. The summed E-state index contributed by atoms with van der Waals surface area (Å²) in [4.78, 5) is 0. The summed E-state index contributed by atoms with van der Waals surface area (Å²) in [5.74, 6) is 1.83. The van der Waals surface area contributed by atoms with Gasteiger partial charge in [-0.3, -0.25) is 4.21 Å². The SMILES string of the molecule is COc1ccc(C)cc1CS(=O)CC(C)N. The van der Waals surface area contributed by atoms with Crippen molar-refractivity contribution in [3.05, 3.63) is 29.3 Å². The van der Waals surface area contributed by atoms with E-state index in [2.05, 4.69) is 0 Å². The van der Waals surface area contributed by atoms with Crippen molar-refractivity contribution in [2.75, 3.05) is 12.9 Å². The lowest BCUT2D eigenvalue weighted by molar-refractivity contribution is 0.411. The van der Waals surface area contributed by atoms with E-state index in [1.807, 2.05) is 32.0 Å². The van der Waals surface area contributed by atoms with Gasteiger partial charge in [-0.25, -0.2) is 0 Å². The molecule has 2 N–H and O–H groups in total. The van der Waals surface area contributed by atoms with E-state index < -0.39 is 10.8 Å². The first-order valence-electron chi connectivity index (χ1n) is 5.27. The molecule has 90 valence electrons. The Balaban J connectivity index is 2.79. The largest absolute Gasteiger partial charge is 0.496 e. The smallest absolute Gasteiger partial charge is 0.123 e. The summed E-state index contributed by atoms with van der Waals surface area (Å²) in [6, 6.07) is 5.87. The molecule has 2 unspecified atom stereocenters. The summed E-state index contributed by atoms with van der Waals surface area (Å²) in [6.07, 6.45) is 0. The lowest BCUT2D eigenvalue weighted by Gasteiger charge is -2.10. The first-order valence-corrected chi connectivity index (χ1v) is 6.75. The van der Waals surface area contributed by atoms with Gasteiger partial charge in [0.15, 0.2) is 0 Å². The van der Waals surface area contributed by atoms with Gasteiger partial charge in [0, 0.05) is 28.2 Å². The molecule has 0 fully saturated rings. The van der Waals surface area contributed by atoms with E-state index in [-0.39, 0.29) is 6.04 Å². The van der Waals surface area contributed by atoms with Crippen LogP contribution in [0.15, 0.2) is 18.2 Å². The fraction of sp³-hybridized carbons (Fsp3) is 0.500. The number of aryl methyl sites for hydroxylation is 1. The highest BCUT2D eigenvalue weighted by molar-refractivity contribution is 7.84. The third kappa shape index (κ3) is 3.94. The number of hydrogen-bond donors (Lipinski definition) is 1. The number of benzene rings is 1. The van der Waals surface area contributed by atoms with Crippen molar-refractivity contribution in [1.29, 1.82) is 0 Å². The molecule has 0 amide bonds. The van der Waals surface area contributed by atoms with Crippen molar-refractivity contribution < 1.29 is 8.95 Å². The second-order valence-corrected chi connectivity index (χ2v) is 5.55. The molecule has 4 heteroatoms. The van der Waals surface area contributed by atoms with Crippen LogP contribution in [0, 0.1) is 6.92 Å². The summed E-state index contributed by atoms with van der Waals surface area (Å²) in [7, 11) is 0.701. The van der Waals surface area contributed by atoms with E-state index in [9.17, 15) is 4.21 Å². The molecule has 3 nitrogen and oxygen atoms in total. The zero-order valence-corrected chi connectivity index (χ0v) is 10.8. The molecule has 1 rings (SSSR count). The zero-order chi connectivity index (χ0) is 12.1. The minimum absolute atomic E-state index is 0.0309. The van der Waals surface area contributed by atoms with E-state index >= 15 is 0 Å². The first kappa shape index (κ1) is 13.2. The summed E-state index contributed by atoms with van der Waals surface area (Å²) in [5, 5.41) is 0. The number of hydrogen-bond acceptors (Lipinski definition) is 3. The van der Waals surface area contributed by atoms with Crippen molar-refractivity contribution in [2.24, 2.45) is 5.73 Å². The lowest BCUT2D eigenvalue weighted by atomic mass is 10.1. The Morgan fingerprint density at radius 3 is 2.75 bits per heavy atom. The highest BCUT2D eigenvalue weighted by Crippen LogP contribution is 2.21. The maximum Gasteiger partial charge on any atom is 0.123 e. The summed E-state index contributed by atoms with van der Waals surface area (Å²) < 4.78 is 17.0. The van der Waals surface area contributed by atoms with Crippen LogP contribution < -0.4 is 10.5 Å². The van der Waals surface area contributed by atoms with Crippen LogP contribution in [0.3, 0.4) is 0 Å². The molecule has 2 atom stereocenters. The molecule has 0 aromatic heterocycles. The normalized spacial score (nSPS) is 14.5. The average Bonchev–Trinajstić information content (AvgIpc) is 2.16. The molecular weight excluding hydrogens is 222 g/mol. The molecule has 0 spiro atoms.